The fraction of sp³-hybridized carbons (Fsp3) is 0.500. The molecule has 26 heavy (non-hydrogen) atoms. The lowest BCUT2D eigenvalue weighted by molar-refractivity contribution is -0.126. The maximum atomic E-state index is 13.2. The van der Waals surface area contributed by atoms with Crippen LogP contribution in [0.4, 0.5) is 0 Å². The van der Waals surface area contributed by atoms with Gasteiger partial charge in [0.25, 0.3) is 0 Å². The van der Waals surface area contributed by atoms with Crippen LogP contribution in [0.5, 0.6) is 11.5 Å². The third-order valence-corrected chi connectivity index (χ3v) is 5.40. The van der Waals surface area contributed by atoms with Crippen LogP contribution in [-0.2, 0) is 23.3 Å². The molecule has 3 rings (SSSR count). The Morgan fingerprint density at radius 3 is 2.62 bits per heavy atom. The number of nitrogens with one attached hydrogen (secondary N) is 1. The highest BCUT2D eigenvalue weighted by Crippen LogP contribution is 2.44. The number of nitrogens with zero attached hydrogens (tertiary/aromatic N) is 2. The third-order valence-electron chi connectivity index (χ3n) is 5.40. The molecule has 1 N–H and O–H groups in total. The Balaban J connectivity index is 1.84. The number of aromatic nitrogens is 2. The number of ether oxygens (including phenoxy) is 2. The van der Waals surface area contributed by atoms with Gasteiger partial charge in [0.2, 0.25) is 5.91 Å². The number of aryl methyl sites for hydroxylation is 1. The predicted octanol–water partition coefficient (Wildman–Crippen LogP) is 3.05. The molecule has 0 radical (unpaired) electrons. The van der Waals surface area contributed by atoms with Crippen LogP contribution in [0.1, 0.15) is 43.9 Å². The number of amides is 1. The molecule has 0 bridgehead atoms. The van der Waals surface area contributed by atoms with E-state index in [0.717, 1.165) is 43.5 Å². The average molecular weight is 357 g/mol. The number of hydrogen-bond acceptors (Lipinski definition) is 4. The summed E-state index contributed by atoms with van der Waals surface area (Å²) < 4.78 is 12.8. The van der Waals surface area contributed by atoms with Gasteiger partial charge in [-0.1, -0.05) is 18.9 Å². The fourth-order valence-electron chi connectivity index (χ4n) is 3.88. The topological polar surface area (TPSA) is 65.4 Å². The van der Waals surface area contributed by atoms with Gasteiger partial charge in [-0.2, -0.15) is 0 Å². The van der Waals surface area contributed by atoms with E-state index in [1.54, 1.807) is 20.5 Å². The van der Waals surface area contributed by atoms with Crippen LogP contribution < -0.4 is 14.8 Å². The molecule has 1 heterocycles. The Bertz CT molecular complexity index is 763. The fourth-order valence-corrected chi connectivity index (χ4v) is 3.88. The van der Waals surface area contributed by atoms with Crippen LogP contribution >= 0.6 is 0 Å². The number of rotatable bonds is 7. The zero-order chi connectivity index (χ0) is 18.6. The minimum absolute atomic E-state index is 0.0751. The summed E-state index contributed by atoms with van der Waals surface area (Å²) in [5.41, 5.74) is 1.51. The first-order valence-electron chi connectivity index (χ1n) is 9.14. The van der Waals surface area contributed by atoms with E-state index in [1.807, 2.05) is 29.0 Å². The van der Waals surface area contributed by atoms with E-state index in [9.17, 15) is 4.79 Å². The highest BCUT2D eigenvalue weighted by Gasteiger charge is 2.43. The van der Waals surface area contributed by atoms with Gasteiger partial charge in [-0.25, -0.2) is 4.98 Å². The Labute approximate surface area is 154 Å². The van der Waals surface area contributed by atoms with Crippen molar-refractivity contribution in [1.29, 1.82) is 0 Å². The van der Waals surface area contributed by atoms with Gasteiger partial charge in [0.15, 0.2) is 11.5 Å². The molecule has 1 aliphatic carbocycles. The van der Waals surface area contributed by atoms with E-state index < -0.39 is 5.41 Å². The molecule has 0 atom stereocenters. The minimum atomic E-state index is -0.503. The standard InChI is InChI=1S/C20H27N3O3/c1-4-23-14-21-12-16(23)13-22-19(24)20(9-5-6-10-20)15-7-8-17(25-2)18(11-15)26-3/h7-8,11-12,14H,4-6,9-10,13H2,1-3H3,(H,22,24). The van der Waals surface area contributed by atoms with Crippen LogP contribution in [-0.4, -0.2) is 29.7 Å². The summed E-state index contributed by atoms with van der Waals surface area (Å²) in [4.78, 5) is 17.4. The van der Waals surface area contributed by atoms with Gasteiger partial charge < -0.3 is 19.4 Å². The number of imidazole rings is 1. The lowest BCUT2D eigenvalue weighted by Gasteiger charge is -2.29. The van der Waals surface area contributed by atoms with Gasteiger partial charge >= 0.3 is 0 Å². The molecule has 0 spiro atoms. The minimum Gasteiger partial charge on any atom is -0.493 e. The number of benzene rings is 1. The van der Waals surface area contributed by atoms with Crippen molar-refractivity contribution in [3.8, 4) is 11.5 Å². The van der Waals surface area contributed by atoms with E-state index in [2.05, 4.69) is 17.2 Å². The molecule has 0 aliphatic heterocycles. The number of carbonyl (C=O) groups excluding carboxylic acids is 1. The van der Waals surface area contributed by atoms with Crippen LogP contribution in [0.25, 0.3) is 0 Å². The summed E-state index contributed by atoms with van der Waals surface area (Å²) in [5, 5.41) is 3.14. The highest BCUT2D eigenvalue weighted by molar-refractivity contribution is 5.88. The molecule has 1 aliphatic rings. The van der Waals surface area contributed by atoms with Gasteiger partial charge in [0.1, 0.15) is 0 Å². The Hall–Kier alpha value is -2.50. The molecule has 1 saturated carbocycles. The van der Waals surface area contributed by atoms with E-state index in [-0.39, 0.29) is 5.91 Å². The molecule has 140 valence electrons. The van der Waals surface area contributed by atoms with Gasteiger partial charge in [0, 0.05) is 12.7 Å². The second-order valence-electron chi connectivity index (χ2n) is 6.71. The summed E-state index contributed by atoms with van der Waals surface area (Å²) in [7, 11) is 3.24. The molecule has 0 unspecified atom stereocenters. The van der Waals surface area contributed by atoms with Crippen molar-refractivity contribution in [1.82, 2.24) is 14.9 Å². The maximum Gasteiger partial charge on any atom is 0.230 e. The number of methoxy groups -OCH3 is 2. The molecule has 6 nitrogen and oxygen atoms in total. The number of hydrogen-bond donors (Lipinski definition) is 1. The summed E-state index contributed by atoms with van der Waals surface area (Å²) in [5.74, 6) is 1.41. The average Bonchev–Trinajstić information content (AvgIpc) is 3.35. The van der Waals surface area contributed by atoms with Crippen LogP contribution in [0, 0.1) is 0 Å². The predicted molar refractivity (Wildman–Crippen MR) is 99.4 cm³/mol. The summed E-state index contributed by atoms with van der Waals surface area (Å²) in [6.07, 6.45) is 7.40. The third kappa shape index (κ3) is 3.28. The molecule has 1 aromatic heterocycles. The first-order chi connectivity index (χ1) is 12.6. The van der Waals surface area contributed by atoms with Gasteiger partial charge in [0.05, 0.1) is 38.2 Å². The monoisotopic (exact) mass is 357 g/mol. The van der Waals surface area contributed by atoms with Gasteiger partial charge in [-0.15, -0.1) is 0 Å². The lowest BCUT2D eigenvalue weighted by atomic mass is 9.77. The van der Waals surface area contributed by atoms with Crippen LogP contribution in [0.3, 0.4) is 0 Å². The van der Waals surface area contributed by atoms with Crippen LogP contribution in [0.2, 0.25) is 0 Å². The van der Waals surface area contributed by atoms with Gasteiger partial charge in [-0.3, -0.25) is 4.79 Å². The van der Waals surface area contributed by atoms with Crippen LogP contribution in [0.15, 0.2) is 30.7 Å². The highest BCUT2D eigenvalue weighted by atomic mass is 16.5. The summed E-state index contributed by atoms with van der Waals surface area (Å²) >= 11 is 0. The summed E-state index contributed by atoms with van der Waals surface area (Å²) in [6.45, 7) is 3.39. The number of carbonyl (C=O) groups is 1. The second-order valence-corrected chi connectivity index (χ2v) is 6.71. The normalized spacial score (nSPS) is 15.7. The molecule has 0 saturated heterocycles. The first kappa shape index (κ1) is 18.3. The molecular weight excluding hydrogens is 330 g/mol. The van der Waals surface area contributed by atoms with E-state index in [4.69, 9.17) is 9.47 Å². The smallest absolute Gasteiger partial charge is 0.230 e. The van der Waals surface area contributed by atoms with Crippen molar-refractivity contribution in [2.45, 2.75) is 51.1 Å². The van der Waals surface area contributed by atoms with Crippen molar-refractivity contribution < 1.29 is 14.3 Å². The van der Waals surface area contributed by atoms with E-state index in [0.29, 0.717) is 18.0 Å². The zero-order valence-corrected chi connectivity index (χ0v) is 15.7. The van der Waals surface area contributed by atoms with E-state index in [1.165, 1.54) is 0 Å². The van der Waals surface area contributed by atoms with Crippen molar-refractivity contribution in [2.75, 3.05) is 14.2 Å². The molecular formula is C20H27N3O3. The van der Waals surface area contributed by atoms with Crippen molar-refractivity contribution in [2.24, 2.45) is 0 Å². The Morgan fingerprint density at radius 2 is 1.96 bits per heavy atom. The van der Waals surface area contributed by atoms with E-state index >= 15 is 0 Å². The quantitative estimate of drug-likeness (QED) is 0.827. The Kier molecular flexibility index (Phi) is 5.49. The maximum absolute atomic E-state index is 13.2. The molecule has 2 aromatic rings. The van der Waals surface area contributed by atoms with Gasteiger partial charge in [-0.05, 0) is 37.5 Å². The molecule has 1 fully saturated rings. The zero-order valence-electron chi connectivity index (χ0n) is 15.7. The largest absolute Gasteiger partial charge is 0.493 e. The molecule has 1 amide bonds. The molecule has 1 aromatic carbocycles. The SMILES string of the molecule is CCn1cncc1CNC(=O)C1(c2ccc(OC)c(OC)c2)CCCC1. The second kappa shape index (κ2) is 7.81. The summed E-state index contributed by atoms with van der Waals surface area (Å²) in [6, 6.07) is 5.82. The first-order valence-corrected chi connectivity index (χ1v) is 9.14. The Morgan fingerprint density at radius 1 is 1.23 bits per heavy atom. The lowest BCUT2D eigenvalue weighted by Crippen LogP contribution is -2.42. The molecule has 6 heteroatoms. The van der Waals surface area contributed by atoms with Crippen molar-refractivity contribution >= 4 is 5.91 Å². The van der Waals surface area contributed by atoms with Crippen molar-refractivity contribution in [3.05, 3.63) is 42.0 Å². The van der Waals surface area contributed by atoms with Crippen molar-refractivity contribution in [3.63, 3.8) is 0 Å².